The monoisotopic (exact) mass is 261 g/mol. The molecule has 0 amide bonds. The minimum absolute atomic E-state index is 0.0323. The number of nitrogens with zero attached hydrogens (tertiary/aromatic N) is 1. The summed E-state index contributed by atoms with van der Waals surface area (Å²) in [7, 11) is 0. The number of aromatic carboxylic acids is 1. The van der Waals surface area contributed by atoms with Crippen LogP contribution in [0.3, 0.4) is 0 Å². The lowest BCUT2D eigenvalue weighted by Crippen LogP contribution is -1.98. The number of carboxylic acids is 1. The summed E-state index contributed by atoms with van der Waals surface area (Å²) in [6.45, 7) is 5.62. The fourth-order valence-corrected chi connectivity index (χ4v) is 2.33. The highest BCUT2D eigenvalue weighted by Gasteiger charge is 2.34. The normalized spacial score (nSPS) is 14.9. The lowest BCUT2D eigenvalue weighted by Gasteiger charge is -1.93. The minimum Gasteiger partial charge on any atom is -0.475 e. The first kappa shape index (κ1) is 12.0. The van der Waals surface area contributed by atoms with Crippen LogP contribution in [0.15, 0.2) is 8.83 Å². The average molecular weight is 261 g/mol. The zero-order chi connectivity index (χ0) is 13.7. The molecular formula is C14H15NO4. The van der Waals surface area contributed by atoms with E-state index in [0.717, 1.165) is 29.7 Å². The van der Waals surface area contributed by atoms with Crippen molar-refractivity contribution in [3.8, 4) is 11.5 Å². The SMILES string of the molecule is Cc1oc(C)c(-c2nc(C3CC3)c(C(=O)O)o2)c1C. The van der Waals surface area contributed by atoms with Gasteiger partial charge in [-0.15, -0.1) is 0 Å². The Hall–Kier alpha value is -2.04. The molecule has 1 aliphatic carbocycles. The topological polar surface area (TPSA) is 76.5 Å². The fraction of sp³-hybridized carbons (Fsp3) is 0.429. The van der Waals surface area contributed by atoms with Gasteiger partial charge in [-0.05, 0) is 33.6 Å². The van der Waals surface area contributed by atoms with E-state index >= 15 is 0 Å². The molecule has 0 spiro atoms. The van der Waals surface area contributed by atoms with Crippen LogP contribution < -0.4 is 0 Å². The predicted octanol–water partition coefficient (Wildman–Crippen LogP) is 3.44. The Morgan fingerprint density at radius 3 is 2.37 bits per heavy atom. The van der Waals surface area contributed by atoms with Crippen molar-refractivity contribution in [2.24, 2.45) is 0 Å². The number of oxazole rings is 1. The second-order valence-electron chi connectivity index (χ2n) is 5.03. The Labute approximate surface area is 110 Å². The maximum atomic E-state index is 11.2. The first-order valence-corrected chi connectivity index (χ1v) is 6.30. The van der Waals surface area contributed by atoms with Crippen LogP contribution in [-0.4, -0.2) is 16.1 Å². The van der Waals surface area contributed by atoms with Crippen molar-refractivity contribution in [1.29, 1.82) is 0 Å². The molecule has 19 heavy (non-hydrogen) atoms. The Kier molecular flexibility index (Phi) is 2.52. The van der Waals surface area contributed by atoms with E-state index < -0.39 is 5.97 Å². The van der Waals surface area contributed by atoms with Crippen LogP contribution in [0.2, 0.25) is 0 Å². The van der Waals surface area contributed by atoms with Crippen LogP contribution in [0.4, 0.5) is 0 Å². The van der Waals surface area contributed by atoms with Gasteiger partial charge in [0.2, 0.25) is 11.7 Å². The van der Waals surface area contributed by atoms with Gasteiger partial charge >= 0.3 is 5.97 Å². The molecule has 2 heterocycles. The third-order valence-electron chi connectivity index (χ3n) is 3.59. The summed E-state index contributed by atoms with van der Waals surface area (Å²) < 4.78 is 11.0. The molecule has 1 saturated carbocycles. The number of hydrogen-bond acceptors (Lipinski definition) is 4. The van der Waals surface area contributed by atoms with Gasteiger partial charge in [-0.2, -0.15) is 0 Å². The van der Waals surface area contributed by atoms with E-state index in [2.05, 4.69) is 4.98 Å². The summed E-state index contributed by atoms with van der Waals surface area (Å²) in [5, 5.41) is 9.19. The lowest BCUT2D eigenvalue weighted by atomic mass is 10.1. The lowest BCUT2D eigenvalue weighted by molar-refractivity contribution is 0.0661. The van der Waals surface area contributed by atoms with Crippen LogP contribution in [0.1, 0.15) is 52.1 Å². The van der Waals surface area contributed by atoms with E-state index in [1.807, 2.05) is 20.8 Å². The molecule has 1 aliphatic rings. The van der Waals surface area contributed by atoms with Gasteiger partial charge in [0.25, 0.3) is 0 Å². The molecule has 0 aliphatic heterocycles. The van der Waals surface area contributed by atoms with Gasteiger partial charge in [-0.3, -0.25) is 0 Å². The number of rotatable bonds is 3. The van der Waals surface area contributed by atoms with Crippen molar-refractivity contribution < 1.29 is 18.7 Å². The van der Waals surface area contributed by atoms with Gasteiger partial charge in [0.15, 0.2) is 0 Å². The third-order valence-corrected chi connectivity index (χ3v) is 3.59. The van der Waals surface area contributed by atoms with Gasteiger partial charge < -0.3 is 13.9 Å². The second-order valence-corrected chi connectivity index (χ2v) is 5.03. The number of furan rings is 1. The number of aryl methyl sites for hydroxylation is 2. The molecular weight excluding hydrogens is 246 g/mol. The minimum atomic E-state index is -1.06. The molecule has 0 unspecified atom stereocenters. The Bertz CT molecular complexity index is 661. The highest BCUT2D eigenvalue weighted by atomic mass is 16.4. The highest BCUT2D eigenvalue weighted by molar-refractivity contribution is 5.86. The molecule has 2 aromatic rings. The summed E-state index contributed by atoms with van der Waals surface area (Å²) in [5.74, 6) is 1.00. The number of carboxylic acid groups (broad SMARTS) is 1. The zero-order valence-corrected chi connectivity index (χ0v) is 11.1. The summed E-state index contributed by atoms with van der Waals surface area (Å²) in [4.78, 5) is 15.6. The van der Waals surface area contributed by atoms with E-state index in [1.165, 1.54) is 0 Å². The first-order valence-electron chi connectivity index (χ1n) is 6.30. The molecule has 1 fully saturated rings. The Balaban J connectivity index is 2.15. The maximum absolute atomic E-state index is 11.2. The van der Waals surface area contributed by atoms with Crippen molar-refractivity contribution in [3.63, 3.8) is 0 Å². The van der Waals surface area contributed by atoms with Crippen LogP contribution in [-0.2, 0) is 0 Å². The maximum Gasteiger partial charge on any atom is 0.373 e. The second kappa shape index (κ2) is 3.98. The van der Waals surface area contributed by atoms with Crippen LogP contribution >= 0.6 is 0 Å². The molecule has 1 N–H and O–H groups in total. The Morgan fingerprint density at radius 1 is 1.21 bits per heavy atom. The largest absolute Gasteiger partial charge is 0.475 e. The number of carbonyl (C=O) groups is 1. The highest BCUT2D eigenvalue weighted by Crippen LogP contribution is 2.43. The standard InChI is InChI=1S/C14H15NO4/c1-6-7(2)18-8(3)10(6)13-15-11(9-4-5-9)12(19-13)14(16)17/h9H,4-5H2,1-3H3,(H,16,17). The molecule has 100 valence electrons. The first-order chi connectivity index (χ1) is 8.99. The van der Waals surface area contributed by atoms with Crippen LogP contribution in [0.25, 0.3) is 11.5 Å². The van der Waals surface area contributed by atoms with Gasteiger partial charge in [-0.25, -0.2) is 9.78 Å². The molecule has 0 saturated heterocycles. The molecule has 0 aromatic carbocycles. The Morgan fingerprint density at radius 2 is 1.89 bits per heavy atom. The van der Waals surface area contributed by atoms with E-state index in [-0.39, 0.29) is 11.7 Å². The molecule has 0 bridgehead atoms. The summed E-state index contributed by atoms with van der Waals surface area (Å²) in [6.07, 6.45) is 1.96. The van der Waals surface area contributed by atoms with E-state index in [1.54, 1.807) is 0 Å². The zero-order valence-electron chi connectivity index (χ0n) is 11.1. The van der Waals surface area contributed by atoms with Crippen molar-refractivity contribution in [3.05, 3.63) is 28.5 Å². The van der Waals surface area contributed by atoms with Crippen LogP contribution in [0, 0.1) is 20.8 Å². The smallest absolute Gasteiger partial charge is 0.373 e. The summed E-state index contributed by atoms with van der Waals surface area (Å²) >= 11 is 0. The average Bonchev–Trinajstić information content (AvgIpc) is 3.03. The third kappa shape index (κ3) is 1.85. The number of hydrogen-bond donors (Lipinski definition) is 1. The quantitative estimate of drug-likeness (QED) is 0.915. The fourth-order valence-electron chi connectivity index (χ4n) is 2.33. The molecule has 2 aromatic heterocycles. The van der Waals surface area contributed by atoms with Gasteiger partial charge in [0.1, 0.15) is 11.5 Å². The van der Waals surface area contributed by atoms with Crippen molar-refractivity contribution in [1.82, 2.24) is 4.98 Å². The van der Waals surface area contributed by atoms with Gasteiger partial charge in [0, 0.05) is 11.5 Å². The molecule has 5 heteroatoms. The van der Waals surface area contributed by atoms with E-state index in [4.69, 9.17) is 8.83 Å². The van der Waals surface area contributed by atoms with Crippen molar-refractivity contribution in [2.45, 2.75) is 39.5 Å². The number of aromatic nitrogens is 1. The molecule has 3 rings (SSSR count). The van der Waals surface area contributed by atoms with Gasteiger partial charge in [0.05, 0.1) is 11.3 Å². The summed E-state index contributed by atoms with van der Waals surface area (Å²) in [6, 6.07) is 0. The molecule has 0 atom stereocenters. The van der Waals surface area contributed by atoms with Gasteiger partial charge in [-0.1, -0.05) is 0 Å². The predicted molar refractivity (Wildman–Crippen MR) is 67.4 cm³/mol. The van der Waals surface area contributed by atoms with Crippen molar-refractivity contribution >= 4 is 5.97 Å². The summed E-state index contributed by atoms with van der Waals surface area (Å²) in [5.41, 5.74) is 2.28. The van der Waals surface area contributed by atoms with Crippen LogP contribution in [0.5, 0.6) is 0 Å². The van der Waals surface area contributed by atoms with E-state index in [0.29, 0.717) is 17.3 Å². The van der Waals surface area contributed by atoms with E-state index in [9.17, 15) is 9.90 Å². The van der Waals surface area contributed by atoms with Crippen molar-refractivity contribution in [2.75, 3.05) is 0 Å². The molecule has 5 nitrogen and oxygen atoms in total. The molecule has 0 radical (unpaired) electrons.